The summed E-state index contributed by atoms with van der Waals surface area (Å²) in [6.07, 6.45) is 4.17. The number of aromatic nitrogens is 3. The molecule has 1 saturated carbocycles. The van der Waals surface area contributed by atoms with E-state index in [1.54, 1.807) is 12.1 Å². The number of phenols is 2. The molecule has 3 amide bonds. The van der Waals surface area contributed by atoms with Crippen LogP contribution in [-0.4, -0.2) is 86.7 Å². The molecule has 3 atom stereocenters. The van der Waals surface area contributed by atoms with Crippen LogP contribution in [0.15, 0.2) is 30.1 Å². The lowest BCUT2D eigenvalue weighted by atomic mass is 9.83. The number of aromatic hydroxyl groups is 2. The molecule has 1 saturated heterocycles. The van der Waals surface area contributed by atoms with E-state index in [2.05, 4.69) is 15.0 Å². The fraction of sp³-hybridized carbons (Fsp3) is 0.324. The molecule has 0 radical (unpaired) electrons. The number of ketones is 1. The molecule has 15 heteroatoms. The number of amides is 3. The number of nitrogens with one attached hydrogen (secondary N) is 3. The molecule has 3 aromatic heterocycles. The van der Waals surface area contributed by atoms with Crippen molar-refractivity contribution in [3.8, 4) is 23.0 Å². The molecule has 5 aliphatic rings. The number of fused-ring (bicyclic) bond motifs is 7. The van der Waals surface area contributed by atoms with Gasteiger partial charge in [-0.15, -0.1) is 0 Å². The number of likely N-dealkylation sites (tertiary alicyclic amines) is 1. The Balaban J connectivity index is 1.03. The minimum atomic E-state index is -1.11. The highest BCUT2D eigenvalue weighted by atomic mass is 16.5. The first-order chi connectivity index (χ1) is 25.0. The zero-order valence-electron chi connectivity index (χ0n) is 28.5. The second-order valence-electron chi connectivity index (χ2n) is 14.4. The Labute approximate surface area is 295 Å². The lowest BCUT2D eigenvalue weighted by molar-refractivity contribution is 0.0275. The number of aromatic amines is 3. The summed E-state index contributed by atoms with van der Waals surface area (Å²) in [4.78, 5) is 53.7. The van der Waals surface area contributed by atoms with Gasteiger partial charge in [0.25, 0.3) is 5.91 Å². The standard InChI is InChI=1S/C37H35N7O8/c1-14-12-39-27-22(45)10-23-37(24(14)27)11-15(37)13-44(23)35(49)21-9-18-16-4-6-42(28(16)30(46)32(51-2)25(18)41-21)34(48)20-8-19-17-5-7-43(36(38)50)29(17)31(47)33(52-3)26(19)40-20/h8-10,12,15,35,39-41,46-47,49H,4-7,11,13H2,1-3H3,(H2,38,50)/t15-,35-,37+/m1/s1. The number of aliphatic hydroxyl groups excluding tert-OH is 1. The Bertz CT molecular complexity index is 2530. The van der Waals surface area contributed by atoms with Crippen molar-refractivity contribution in [1.82, 2.24) is 19.9 Å². The molecule has 15 nitrogen and oxygen atoms in total. The fourth-order valence-corrected chi connectivity index (χ4v) is 9.72. The van der Waals surface area contributed by atoms with Gasteiger partial charge in [-0.05, 0) is 66.5 Å². The van der Waals surface area contributed by atoms with Gasteiger partial charge >= 0.3 is 6.03 Å². The van der Waals surface area contributed by atoms with Crippen LogP contribution in [0, 0.1) is 12.8 Å². The Kier molecular flexibility index (Phi) is 5.92. The van der Waals surface area contributed by atoms with Crippen molar-refractivity contribution >= 4 is 50.9 Å². The van der Waals surface area contributed by atoms with Gasteiger partial charge in [0.05, 0.1) is 48.0 Å². The van der Waals surface area contributed by atoms with Gasteiger partial charge < -0.3 is 55.3 Å². The number of benzene rings is 2. The lowest BCUT2D eigenvalue weighted by Crippen LogP contribution is -2.34. The Hall–Kier alpha value is -6.09. The number of nitrogens with zero attached hydrogens (tertiary/aromatic N) is 3. The van der Waals surface area contributed by atoms with Gasteiger partial charge in [-0.25, -0.2) is 4.79 Å². The lowest BCUT2D eigenvalue weighted by Gasteiger charge is -2.32. The average Bonchev–Trinajstić information content (AvgIpc) is 3.85. The number of H-pyrrole nitrogens is 3. The number of urea groups is 1. The monoisotopic (exact) mass is 705 g/mol. The molecule has 5 aromatic rings. The number of anilines is 2. The SMILES string of the molecule is COc1c(O)c2c(c3cc(C(=O)N4CCc5c4c(O)c(OC)c4[nH]c([C@@H](O)N6C[C@H]7C[C@@]78C6=CC(=O)c6[nH]cc(C)c68)cc54)[nH]c13)CCN2C(N)=O. The van der Waals surface area contributed by atoms with Crippen molar-refractivity contribution in [2.45, 2.75) is 37.8 Å². The topological polar surface area (TPSA) is 213 Å². The number of aliphatic hydroxyl groups is 1. The van der Waals surface area contributed by atoms with Crippen LogP contribution in [0.1, 0.15) is 61.6 Å². The minimum Gasteiger partial charge on any atom is -0.503 e. The van der Waals surface area contributed by atoms with Crippen LogP contribution >= 0.6 is 0 Å². The highest BCUT2D eigenvalue weighted by molar-refractivity contribution is 6.14. The van der Waals surface area contributed by atoms with E-state index in [1.807, 2.05) is 24.1 Å². The summed E-state index contributed by atoms with van der Waals surface area (Å²) >= 11 is 0. The zero-order valence-corrected chi connectivity index (χ0v) is 28.5. The number of primary amides is 1. The third-order valence-corrected chi connectivity index (χ3v) is 12.0. The van der Waals surface area contributed by atoms with E-state index in [0.717, 1.165) is 23.2 Å². The van der Waals surface area contributed by atoms with Crippen molar-refractivity contribution in [3.05, 3.63) is 69.4 Å². The number of carbonyl (C=O) groups excluding carboxylic acids is 3. The van der Waals surface area contributed by atoms with Crippen molar-refractivity contribution in [2.24, 2.45) is 11.7 Å². The summed E-state index contributed by atoms with van der Waals surface area (Å²) in [6, 6.07) is 2.78. The number of rotatable bonds is 5. The number of piperidine rings is 1. The van der Waals surface area contributed by atoms with E-state index >= 15 is 0 Å². The van der Waals surface area contributed by atoms with Crippen LogP contribution in [0.3, 0.4) is 0 Å². The molecule has 2 fully saturated rings. The second-order valence-corrected chi connectivity index (χ2v) is 14.4. The van der Waals surface area contributed by atoms with E-state index in [9.17, 15) is 29.7 Å². The summed E-state index contributed by atoms with van der Waals surface area (Å²) in [5.74, 6) is -0.538. The first kappa shape index (κ1) is 30.7. The quantitative estimate of drug-likeness (QED) is 0.142. The maximum Gasteiger partial charge on any atom is 0.319 e. The number of aryl methyl sites for hydroxylation is 1. The molecule has 8 N–H and O–H groups in total. The van der Waals surface area contributed by atoms with Crippen molar-refractivity contribution in [3.63, 3.8) is 0 Å². The van der Waals surface area contributed by atoms with E-state index in [0.29, 0.717) is 69.4 Å². The van der Waals surface area contributed by atoms with Crippen molar-refractivity contribution < 1.29 is 39.2 Å². The van der Waals surface area contributed by atoms with Crippen LogP contribution in [-0.2, 0) is 18.3 Å². The van der Waals surface area contributed by atoms with Crippen LogP contribution in [0.5, 0.6) is 23.0 Å². The number of phenolic OH excluding ortho intramolecular Hbond substituents is 2. The number of allylic oxidation sites excluding steroid dienone is 2. The number of hydrogen-bond acceptors (Lipinski definition) is 9. The van der Waals surface area contributed by atoms with E-state index in [1.165, 1.54) is 24.0 Å². The maximum atomic E-state index is 14.3. The Morgan fingerprint density at radius 3 is 2.29 bits per heavy atom. The van der Waals surface area contributed by atoms with E-state index in [4.69, 9.17) is 15.2 Å². The Morgan fingerprint density at radius 1 is 0.981 bits per heavy atom. The molecule has 52 heavy (non-hydrogen) atoms. The van der Waals surface area contributed by atoms with Gasteiger partial charge in [0.1, 0.15) is 5.69 Å². The molecule has 10 rings (SSSR count). The van der Waals surface area contributed by atoms with Crippen molar-refractivity contribution in [1.29, 1.82) is 0 Å². The van der Waals surface area contributed by atoms with E-state index < -0.39 is 18.2 Å². The molecule has 6 heterocycles. The normalized spacial score (nSPS) is 21.6. The first-order valence-electron chi connectivity index (χ1n) is 17.2. The number of ether oxygens (including phenoxy) is 2. The summed E-state index contributed by atoms with van der Waals surface area (Å²) in [5.41, 5.74) is 12.3. The van der Waals surface area contributed by atoms with Crippen molar-refractivity contribution in [2.75, 3.05) is 43.7 Å². The molecule has 0 unspecified atom stereocenters. The molecule has 266 valence electrons. The predicted octanol–water partition coefficient (Wildman–Crippen LogP) is 3.70. The zero-order chi connectivity index (χ0) is 36.1. The van der Waals surface area contributed by atoms with Gasteiger partial charge in [-0.2, -0.15) is 0 Å². The van der Waals surface area contributed by atoms with Crippen LogP contribution in [0.25, 0.3) is 21.8 Å². The predicted molar refractivity (Wildman–Crippen MR) is 188 cm³/mol. The van der Waals surface area contributed by atoms with Gasteiger partial charge in [0.15, 0.2) is 29.2 Å². The molecule has 1 spiro atoms. The molecule has 2 aromatic carbocycles. The summed E-state index contributed by atoms with van der Waals surface area (Å²) in [6.45, 7) is 3.11. The smallest absolute Gasteiger partial charge is 0.319 e. The van der Waals surface area contributed by atoms with Gasteiger partial charge in [0, 0.05) is 53.8 Å². The Morgan fingerprint density at radius 2 is 1.62 bits per heavy atom. The third-order valence-electron chi connectivity index (χ3n) is 12.0. The highest BCUT2D eigenvalue weighted by Crippen LogP contribution is 2.68. The number of nitrogens with two attached hydrogens (primary N) is 1. The molecule has 2 aliphatic carbocycles. The largest absolute Gasteiger partial charge is 0.503 e. The average molecular weight is 706 g/mol. The van der Waals surface area contributed by atoms with Crippen LogP contribution < -0.4 is 25.0 Å². The highest BCUT2D eigenvalue weighted by Gasteiger charge is 2.68. The van der Waals surface area contributed by atoms with Gasteiger partial charge in [-0.3, -0.25) is 14.5 Å². The van der Waals surface area contributed by atoms with Crippen LogP contribution in [0.4, 0.5) is 16.2 Å². The summed E-state index contributed by atoms with van der Waals surface area (Å²) < 4.78 is 11.2. The molecular formula is C37H35N7O8. The van der Waals surface area contributed by atoms with Crippen LogP contribution in [0.2, 0.25) is 0 Å². The number of methoxy groups -OCH3 is 2. The third kappa shape index (κ3) is 3.60. The molecule has 0 bridgehead atoms. The maximum absolute atomic E-state index is 14.3. The fourth-order valence-electron chi connectivity index (χ4n) is 9.72. The van der Waals surface area contributed by atoms with Gasteiger partial charge in [-0.1, -0.05) is 0 Å². The minimum absolute atomic E-state index is 0.0747. The molecule has 3 aliphatic heterocycles. The summed E-state index contributed by atoms with van der Waals surface area (Å²) in [7, 11) is 2.81. The first-order valence-corrected chi connectivity index (χ1v) is 17.2. The molecular weight excluding hydrogens is 670 g/mol. The number of carbonyl (C=O) groups is 3. The summed E-state index contributed by atoms with van der Waals surface area (Å²) in [5, 5.41) is 35.9. The number of hydrogen-bond donors (Lipinski definition) is 7. The van der Waals surface area contributed by atoms with Gasteiger partial charge in [0.2, 0.25) is 5.78 Å². The second kappa shape index (κ2) is 10.0. The van der Waals surface area contributed by atoms with E-state index in [-0.39, 0.29) is 64.6 Å².